The summed E-state index contributed by atoms with van der Waals surface area (Å²) in [4.78, 5) is 0. The molecule has 2 aromatic carbocycles. The fourth-order valence-electron chi connectivity index (χ4n) is 2.93. The normalized spacial score (nSPS) is 24.4. The number of hydrogen-bond donors (Lipinski definition) is 1. The topological polar surface area (TPSA) is 47.6 Å². The average molecular weight is 438 g/mol. The molecule has 1 aliphatic heterocycles. The van der Waals surface area contributed by atoms with Crippen LogP contribution in [0.15, 0.2) is 53.0 Å². The van der Waals surface area contributed by atoms with Crippen molar-refractivity contribution in [2.24, 2.45) is 0 Å². The summed E-state index contributed by atoms with van der Waals surface area (Å²) < 4.78 is 26.0. The molecule has 3 rings (SSSR count). The highest BCUT2D eigenvalue weighted by atomic mass is 79.9. The third kappa shape index (κ3) is 4.58. The number of nitrogens with one attached hydrogen (secondary N) is 1. The second-order valence-electron chi connectivity index (χ2n) is 6.95. The van der Waals surface area contributed by atoms with Crippen molar-refractivity contribution in [3.8, 4) is 0 Å². The van der Waals surface area contributed by atoms with Crippen LogP contribution in [0.25, 0.3) is 0 Å². The summed E-state index contributed by atoms with van der Waals surface area (Å²) in [5.74, 6) is -0.0845. The molecule has 1 saturated heterocycles. The Kier molecular flexibility index (Phi) is 6.24. The first-order valence-corrected chi connectivity index (χ1v) is 11.3. The lowest BCUT2D eigenvalue weighted by molar-refractivity contribution is 0.0887. The summed E-state index contributed by atoms with van der Waals surface area (Å²) in [6.45, 7) is 6.71. The quantitative estimate of drug-likeness (QED) is 0.528. The van der Waals surface area contributed by atoms with Crippen LogP contribution in [-0.2, 0) is 13.6 Å². The summed E-state index contributed by atoms with van der Waals surface area (Å²) in [7, 11) is -3.34. The number of benzene rings is 2. The second kappa shape index (κ2) is 8.26. The lowest BCUT2D eigenvalue weighted by Crippen LogP contribution is -2.23. The van der Waals surface area contributed by atoms with Crippen LogP contribution < -0.4 is 5.32 Å². The molecular formula is C20H25BrNO3P. The lowest BCUT2D eigenvalue weighted by Gasteiger charge is -2.34. The fraction of sp³-hybridized carbons (Fsp3) is 0.400. The van der Waals surface area contributed by atoms with E-state index in [4.69, 9.17) is 9.05 Å². The van der Waals surface area contributed by atoms with Crippen LogP contribution in [-0.4, -0.2) is 12.7 Å². The van der Waals surface area contributed by atoms with Crippen LogP contribution in [0.5, 0.6) is 0 Å². The van der Waals surface area contributed by atoms with Gasteiger partial charge in [0.25, 0.3) is 0 Å². The second-order valence-corrected chi connectivity index (χ2v) is 9.93. The van der Waals surface area contributed by atoms with Gasteiger partial charge >= 0.3 is 7.60 Å². The summed E-state index contributed by atoms with van der Waals surface area (Å²) in [6.07, 6.45) is 0.665. The predicted octanol–water partition coefficient (Wildman–Crippen LogP) is 6.70. The molecule has 6 heteroatoms. The van der Waals surface area contributed by atoms with Gasteiger partial charge in [-0.15, -0.1) is 0 Å². The van der Waals surface area contributed by atoms with Gasteiger partial charge in [0, 0.05) is 10.2 Å². The molecule has 2 aromatic rings. The van der Waals surface area contributed by atoms with E-state index in [1.165, 1.54) is 5.56 Å². The molecule has 0 saturated carbocycles. The molecule has 1 heterocycles. The number of halogens is 1. The molecule has 26 heavy (non-hydrogen) atoms. The molecule has 0 bridgehead atoms. The minimum absolute atomic E-state index is 0.0855. The van der Waals surface area contributed by atoms with Gasteiger partial charge in [-0.25, -0.2) is 0 Å². The zero-order chi connectivity index (χ0) is 18.7. The van der Waals surface area contributed by atoms with Crippen molar-refractivity contribution < 1.29 is 13.6 Å². The summed E-state index contributed by atoms with van der Waals surface area (Å²) in [6, 6.07) is 16.0. The molecule has 4 nitrogen and oxygen atoms in total. The highest BCUT2D eigenvalue weighted by molar-refractivity contribution is 9.10. The van der Waals surface area contributed by atoms with Crippen molar-refractivity contribution in [1.29, 1.82) is 0 Å². The third-order valence-electron chi connectivity index (χ3n) is 4.51. The molecule has 3 atom stereocenters. The van der Waals surface area contributed by atoms with Gasteiger partial charge in [0.2, 0.25) is 0 Å². The standard InChI is InChI=1S/C20H25BrNO3P/c1-14(2)16-6-10-19(11-7-16)22-20(17-4-8-18(21)9-5-17)26(23)24-13-12-15(3)25-26/h4-11,14-15,20,22H,12-13H2,1-3H3/t15-,20-,26+/m0/s1. The van der Waals surface area contributed by atoms with E-state index in [9.17, 15) is 4.57 Å². The molecular weight excluding hydrogens is 413 g/mol. The number of rotatable bonds is 5. The SMILES string of the molecule is CC(C)c1ccc(N[C@H](c2ccc(Br)cc2)[P@@]2(=O)OCC[C@H](C)O2)cc1. The van der Waals surface area contributed by atoms with E-state index < -0.39 is 13.4 Å². The average Bonchev–Trinajstić information content (AvgIpc) is 2.61. The van der Waals surface area contributed by atoms with Crippen LogP contribution in [0, 0.1) is 0 Å². The fourth-order valence-corrected chi connectivity index (χ4v) is 5.33. The number of anilines is 1. The predicted molar refractivity (Wildman–Crippen MR) is 110 cm³/mol. The molecule has 0 radical (unpaired) electrons. The van der Waals surface area contributed by atoms with Gasteiger partial charge in [-0.05, 0) is 54.7 Å². The van der Waals surface area contributed by atoms with Gasteiger partial charge in [0.1, 0.15) is 0 Å². The largest absolute Gasteiger partial charge is 0.368 e. The summed E-state index contributed by atoms with van der Waals surface area (Å²) in [5.41, 5.74) is 3.03. The van der Waals surface area contributed by atoms with Crippen molar-refractivity contribution >= 4 is 29.2 Å². The Hall–Kier alpha value is -1.13. The van der Waals surface area contributed by atoms with Crippen LogP contribution in [0.4, 0.5) is 5.69 Å². The lowest BCUT2D eigenvalue weighted by atomic mass is 10.0. The van der Waals surface area contributed by atoms with E-state index in [0.29, 0.717) is 12.5 Å². The molecule has 0 aromatic heterocycles. The molecule has 0 unspecified atom stereocenters. The van der Waals surface area contributed by atoms with E-state index in [2.05, 4.69) is 47.2 Å². The summed E-state index contributed by atoms with van der Waals surface area (Å²) in [5, 5.41) is 3.38. The zero-order valence-corrected chi connectivity index (χ0v) is 17.8. The maximum Gasteiger partial charge on any atom is 0.357 e. The molecule has 0 amide bonds. The molecule has 1 N–H and O–H groups in total. The van der Waals surface area contributed by atoms with Crippen molar-refractivity contribution in [3.63, 3.8) is 0 Å². The Balaban J connectivity index is 1.92. The molecule has 0 aliphatic carbocycles. The Bertz CT molecular complexity index is 777. The zero-order valence-electron chi connectivity index (χ0n) is 15.3. The van der Waals surface area contributed by atoms with Crippen molar-refractivity contribution in [3.05, 3.63) is 64.1 Å². The first-order chi connectivity index (χ1) is 12.4. The highest BCUT2D eigenvalue weighted by Crippen LogP contribution is 2.63. The monoisotopic (exact) mass is 437 g/mol. The van der Waals surface area contributed by atoms with Crippen LogP contribution in [0.1, 0.15) is 50.0 Å². The third-order valence-corrected chi connectivity index (χ3v) is 7.29. The van der Waals surface area contributed by atoms with Gasteiger partial charge in [0.05, 0.1) is 12.7 Å². The minimum Gasteiger partial charge on any atom is -0.368 e. The maximum atomic E-state index is 13.5. The van der Waals surface area contributed by atoms with E-state index in [1.54, 1.807) is 0 Å². The van der Waals surface area contributed by atoms with E-state index in [0.717, 1.165) is 22.1 Å². The van der Waals surface area contributed by atoms with Gasteiger partial charge in [-0.1, -0.05) is 54.0 Å². The Morgan fingerprint density at radius 3 is 2.27 bits per heavy atom. The summed E-state index contributed by atoms with van der Waals surface area (Å²) >= 11 is 3.45. The number of hydrogen-bond acceptors (Lipinski definition) is 4. The Morgan fingerprint density at radius 1 is 1.08 bits per heavy atom. The minimum atomic E-state index is -3.34. The van der Waals surface area contributed by atoms with Crippen LogP contribution >= 0.6 is 23.5 Å². The smallest absolute Gasteiger partial charge is 0.357 e. The van der Waals surface area contributed by atoms with Crippen LogP contribution in [0.2, 0.25) is 0 Å². The van der Waals surface area contributed by atoms with Crippen LogP contribution in [0.3, 0.4) is 0 Å². The van der Waals surface area contributed by atoms with Gasteiger partial charge in [0.15, 0.2) is 5.78 Å². The maximum absolute atomic E-state index is 13.5. The van der Waals surface area contributed by atoms with E-state index >= 15 is 0 Å². The van der Waals surface area contributed by atoms with Crippen molar-refractivity contribution in [2.45, 2.75) is 45.0 Å². The first-order valence-electron chi connectivity index (χ1n) is 8.92. The molecule has 1 aliphatic rings. The highest BCUT2D eigenvalue weighted by Gasteiger charge is 2.41. The van der Waals surface area contributed by atoms with Crippen molar-refractivity contribution in [2.75, 3.05) is 11.9 Å². The Labute approximate surface area is 164 Å². The van der Waals surface area contributed by atoms with Gasteiger partial charge in [-0.2, -0.15) is 0 Å². The molecule has 1 fully saturated rings. The van der Waals surface area contributed by atoms with Gasteiger partial charge in [-0.3, -0.25) is 4.57 Å². The van der Waals surface area contributed by atoms with Gasteiger partial charge < -0.3 is 14.4 Å². The molecule has 140 valence electrons. The molecule has 0 spiro atoms. The first kappa shape index (κ1) is 19.6. The van der Waals surface area contributed by atoms with Crippen molar-refractivity contribution in [1.82, 2.24) is 0 Å². The van der Waals surface area contributed by atoms with E-state index in [-0.39, 0.29) is 6.10 Å². The Morgan fingerprint density at radius 2 is 1.69 bits per heavy atom. The van der Waals surface area contributed by atoms with E-state index in [1.807, 2.05) is 43.3 Å².